The van der Waals surface area contributed by atoms with Crippen molar-refractivity contribution < 1.29 is 32.6 Å². The molecule has 2 aromatic carbocycles. The number of hydrogen-bond acceptors (Lipinski definition) is 6. The zero-order valence-electron chi connectivity index (χ0n) is 17.8. The summed E-state index contributed by atoms with van der Waals surface area (Å²) in [5.41, 5.74) is 0.970. The summed E-state index contributed by atoms with van der Waals surface area (Å²) < 4.78 is 38.8. The molecule has 3 atom stereocenters. The third-order valence-corrected chi connectivity index (χ3v) is 7.03. The van der Waals surface area contributed by atoms with Crippen LogP contribution in [0.5, 0.6) is 5.75 Å². The van der Waals surface area contributed by atoms with Crippen molar-refractivity contribution in [2.45, 2.75) is 43.1 Å². The van der Waals surface area contributed by atoms with E-state index in [-0.39, 0.29) is 23.8 Å². The van der Waals surface area contributed by atoms with E-state index in [0.29, 0.717) is 12.4 Å². The van der Waals surface area contributed by atoms with Crippen LogP contribution in [0.4, 0.5) is 0 Å². The summed E-state index contributed by atoms with van der Waals surface area (Å²) in [6, 6.07) is 13.9. The first-order valence-corrected chi connectivity index (χ1v) is 11.5. The predicted octanol–water partition coefficient (Wildman–Crippen LogP) is 1.63. The van der Waals surface area contributed by atoms with E-state index < -0.39 is 34.2 Å². The van der Waals surface area contributed by atoms with Crippen molar-refractivity contribution in [3.63, 3.8) is 0 Å². The van der Waals surface area contributed by atoms with Gasteiger partial charge in [-0.3, -0.25) is 9.59 Å². The summed E-state index contributed by atoms with van der Waals surface area (Å²) in [6.45, 7) is 1.57. The van der Waals surface area contributed by atoms with E-state index in [1.165, 1.54) is 38.2 Å². The summed E-state index contributed by atoms with van der Waals surface area (Å²) in [7, 11) is -2.70. The lowest BCUT2D eigenvalue weighted by molar-refractivity contribution is -0.157. The van der Waals surface area contributed by atoms with E-state index in [1.807, 2.05) is 30.3 Å². The molecule has 9 nitrogen and oxygen atoms in total. The first-order chi connectivity index (χ1) is 15.2. The first-order valence-electron chi connectivity index (χ1n) is 10.1. The Morgan fingerprint density at radius 1 is 1.16 bits per heavy atom. The normalized spacial score (nSPS) is 21.6. The van der Waals surface area contributed by atoms with E-state index in [1.54, 1.807) is 0 Å². The van der Waals surface area contributed by atoms with Gasteiger partial charge in [0.05, 0.1) is 23.5 Å². The number of amides is 1. The first kappa shape index (κ1) is 23.7. The van der Waals surface area contributed by atoms with Crippen molar-refractivity contribution >= 4 is 21.9 Å². The molecule has 0 aromatic heterocycles. The second-order valence-corrected chi connectivity index (χ2v) is 9.33. The van der Waals surface area contributed by atoms with Gasteiger partial charge in [-0.1, -0.05) is 30.3 Å². The van der Waals surface area contributed by atoms with Crippen LogP contribution in [0.3, 0.4) is 0 Å². The topological polar surface area (TPSA) is 122 Å². The molecule has 0 radical (unpaired) electrons. The molecule has 0 bridgehead atoms. The second-order valence-electron chi connectivity index (χ2n) is 7.44. The third kappa shape index (κ3) is 5.45. The van der Waals surface area contributed by atoms with E-state index >= 15 is 0 Å². The highest BCUT2D eigenvalue weighted by atomic mass is 32.2. The number of nitrogens with zero attached hydrogens (tertiary/aromatic N) is 1. The molecule has 3 rings (SSSR count). The number of carbonyl (C=O) groups is 2. The van der Waals surface area contributed by atoms with Gasteiger partial charge in [0.15, 0.2) is 0 Å². The number of rotatable bonds is 8. The number of carbonyl (C=O) groups excluding carboxylic acids is 1. The van der Waals surface area contributed by atoms with Crippen LogP contribution in [-0.2, 0) is 31.0 Å². The van der Waals surface area contributed by atoms with Gasteiger partial charge in [-0.05, 0) is 36.8 Å². The Bertz CT molecular complexity index is 1040. The molecule has 32 heavy (non-hydrogen) atoms. The standard InChI is InChI=1S/C22H26N2O7S/c1-15-21(22(26)27)24(13-18(31-15)12-20(25)23-2)32(28,29)19-10-8-17(9-11-19)30-14-16-6-4-3-5-7-16/h3-11,15,18,21H,12-14H2,1-2H3,(H,23,25)(H,26,27). The Labute approximate surface area is 187 Å². The molecule has 1 fully saturated rings. The van der Waals surface area contributed by atoms with Gasteiger partial charge in [0, 0.05) is 13.6 Å². The number of hydrogen-bond donors (Lipinski definition) is 2. The van der Waals surface area contributed by atoms with Crippen LogP contribution in [0.15, 0.2) is 59.5 Å². The smallest absolute Gasteiger partial charge is 0.324 e. The summed E-state index contributed by atoms with van der Waals surface area (Å²) in [6.07, 6.45) is -1.77. The van der Waals surface area contributed by atoms with Gasteiger partial charge in [0.2, 0.25) is 15.9 Å². The van der Waals surface area contributed by atoms with E-state index in [0.717, 1.165) is 9.87 Å². The fraction of sp³-hybridized carbons (Fsp3) is 0.364. The molecular formula is C22H26N2O7S. The second kappa shape index (κ2) is 10.1. The minimum Gasteiger partial charge on any atom is -0.489 e. The van der Waals surface area contributed by atoms with Crippen LogP contribution in [-0.4, -0.2) is 61.5 Å². The van der Waals surface area contributed by atoms with Crippen molar-refractivity contribution in [3.05, 3.63) is 60.2 Å². The Morgan fingerprint density at radius 3 is 2.41 bits per heavy atom. The van der Waals surface area contributed by atoms with Gasteiger partial charge < -0.3 is 19.9 Å². The SMILES string of the molecule is CNC(=O)CC1CN(S(=O)(=O)c2ccc(OCc3ccccc3)cc2)C(C(=O)O)C(C)O1. The number of sulfonamides is 1. The monoisotopic (exact) mass is 462 g/mol. The Hall–Kier alpha value is -2.95. The van der Waals surface area contributed by atoms with Crippen LogP contribution in [0.1, 0.15) is 18.9 Å². The zero-order chi connectivity index (χ0) is 23.3. The average Bonchev–Trinajstić information content (AvgIpc) is 2.78. The number of carboxylic acids is 1. The Morgan fingerprint density at radius 2 is 1.81 bits per heavy atom. The Kier molecular flexibility index (Phi) is 7.49. The van der Waals surface area contributed by atoms with E-state index in [4.69, 9.17) is 9.47 Å². The van der Waals surface area contributed by atoms with Crippen molar-refractivity contribution in [1.82, 2.24) is 9.62 Å². The molecule has 1 saturated heterocycles. The van der Waals surface area contributed by atoms with Crippen LogP contribution in [0.25, 0.3) is 0 Å². The van der Waals surface area contributed by atoms with Gasteiger partial charge in [0.1, 0.15) is 18.4 Å². The van der Waals surface area contributed by atoms with Gasteiger partial charge in [-0.2, -0.15) is 4.31 Å². The average molecular weight is 463 g/mol. The minimum absolute atomic E-state index is 0.0661. The van der Waals surface area contributed by atoms with Gasteiger partial charge in [-0.15, -0.1) is 0 Å². The van der Waals surface area contributed by atoms with Crippen molar-refractivity contribution in [3.8, 4) is 5.75 Å². The van der Waals surface area contributed by atoms with E-state index in [9.17, 15) is 23.1 Å². The van der Waals surface area contributed by atoms with Crippen LogP contribution in [0.2, 0.25) is 0 Å². The molecule has 2 N–H and O–H groups in total. The quantitative estimate of drug-likeness (QED) is 0.611. The van der Waals surface area contributed by atoms with Crippen LogP contribution >= 0.6 is 0 Å². The fourth-order valence-corrected chi connectivity index (χ4v) is 5.22. The van der Waals surface area contributed by atoms with Crippen LogP contribution < -0.4 is 10.1 Å². The maximum Gasteiger partial charge on any atom is 0.324 e. The molecule has 0 aliphatic carbocycles. The van der Waals surface area contributed by atoms with Gasteiger partial charge >= 0.3 is 5.97 Å². The fourth-order valence-electron chi connectivity index (χ4n) is 3.55. The van der Waals surface area contributed by atoms with Gasteiger partial charge in [-0.25, -0.2) is 8.42 Å². The number of ether oxygens (including phenoxy) is 2. The molecular weight excluding hydrogens is 436 g/mol. The lowest BCUT2D eigenvalue weighted by Gasteiger charge is -2.40. The zero-order valence-corrected chi connectivity index (χ0v) is 18.6. The van der Waals surface area contributed by atoms with E-state index in [2.05, 4.69) is 5.32 Å². The third-order valence-electron chi connectivity index (χ3n) is 5.17. The number of nitrogens with one attached hydrogen (secondary N) is 1. The number of carboxylic acid groups (broad SMARTS) is 1. The molecule has 0 saturated carbocycles. The molecule has 10 heteroatoms. The van der Waals surface area contributed by atoms with Gasteiger partial charge in [0.25, 0.3) is 0 Å². The molecule has 1 heterocycles. The molecule has 2 aromatic rings. The summed E-state index contributed by atoms with van der Waals surface area (Å²) in [5.74, 6) is -1.16. The largest absolute Gasteiger partial charge is 0.489 e. The number of morpholine rings is 1. The highest BCUT2D eigenvalue weighted by Gasteiger charge is 2.45. The molecule has 0 spiro atoms. The predicted molar refractivity (Wildman–Crippen MR) is 116 cm³/mol. The van der Waals surface area contributed by atoms with Crippen molar-refractivity contribution in [2.24, 2.45) is 0 Å². The number of benzene rings is 2. The molecule has 1 aliphatic heterocycles. The van der Waals surface area contributed by atoms with Crippen molar-refractivity contribution in [1.29, 1.82) is 0 Å². The maximum absolute atomic E-state index is 13.3. The van der Waals surface area contributed by atoms with Crippen LogP contribution in [0, 0.1) is 0 Å². The number of aliphatic carboxylic acids is 1. The highest BCUT2D eigenvalue weighted by Crippen LogP contribution is 2.28. The summed E-state index contributed by atoms with van der Waals surface area (Å²) in [4.78, 5) is 23.5. The lowest BCUT2D eigenvalue weighted by Crippen LogP contribution is -2.59. The molecule has 3 unspecified atom stereocenters. The van der Waals surface area contributed by atoms with Crippen molar-refractivity contribution in [2.75, 3.05) is 13.6 Å². The summed E-state index contributed by atoms with van der Waals surface area (Å²) >= 11 is 0. The molecule has 172 valence electrons. The summed E-state index contributed by atoms with van der Waals surface area (Å²) in [5, 5.41) is 12.1. The molecule has 1 aliphatic rings. The minimum atomic E-state index is -4.16. The highest BCUT2D eigenvalue weighted by molar-refractivity contribution is 7.89. The Balaban J connectivity index is 1.79. The lowest BCUT2D eigenvalue weighted by atomic mass is 10.1. The maximum atomic E-state index is 13.3. The molecule has 1 amide bonds.